The Morgan fingerprint density at radius 3 is 2.55 bits per heavy atom. The Balaban J connectivity index is 1.63. The van der Waals surface area contributed by atoms with Gasteiger partial charge in [-0.3, -0.25) is 5.32 Å². The number of anilines is 3. The van der Waals surface area contributed by atoms with Gasteiger partial charge in [0, 0.05) is 6.04 Å². The number of para-hydroxylation sites is 1. The van der Waals surface area contributed by atoms with Crippen LogP contribution in [-0.2, 0) is 0 Å². The van der Waals surface area contributed by atoms with E-state index < -0.39 is 0 Å². The maximum Gasteiger partial charge on any atom is 0.320 e. The first-order chi connectivity index (χ1) is 10.7. The topological polar surface area (TPSA) is 103 Å². The highest BCUT2D eigenvalue weighted by Gasteiger charge is 2.23. The van der Waals surface area contributed by atoms with Crippen LogP contribution in [0.3, 0.4) is 0 Å². The minimum atomic E-state index is -0.271. The minimum Gasteiger partial charge on any atom is -0.338 e. The number of rotatable bonds is 4. The van der Waals surface area contributed by atoms with Crippen molar-refractivity contribution >= 4 is 23.4 Å². The lowest BCUT2D eigenvalue weighted by Crippen LogP contribution is -2.30. The molecule has 22 heavy (non-hydrogen) atoms. The molecule has 3 N–H and O–H groups in total. The molecule has 0 unspecified atom stereocenters. The summed E-state index contributed by atoms with van der Waals surface area (Å²) in [6, 6.07) is 12.6. The lowest BCUT2D eigenvalue weighted by Gasteiger charge is -2.08. The summed E-state index contributed by atoms with van der Waals surface area (Å²) in [5, 5.41) is 25.4. The quantitative estimate of drug-likeness (QED) is 0.803. The van der Waals surface area contributed by atoms with Crippen LogP contribution >= 0.6 is 0 Å². The normalized spacial score (nSPS) is 13.0. The van der Waals surface area contributed by atoms with Crippen molar-refractivity contribution in [3.05, 3.63) is 42.0 Å². The first kappa shape index (κ1) is 13.8. The molecule has 3 rings (SSSR count). The summed E-state index contributed by atoms with van der Waals surface area (Å²) in [5.74, 6) is 0.869. The maximum atomic E-state index is 11.6. The number of amides is 2. The molecule has 1 heterocycles. The summed E-state index contributed by atoms with van der Waals surface area (Å²) in [6.45, 7) is 0. The van der Waals surface area contributed by atoms with Gasteiger partial charge in [0.15, 0.2) is 11.6 Å². The van der Waals surface area contributed by atoms with Crippen molar-refractivity contribution in [1.29, 1.82) is 5.26 Å². The monoisotopic (exact) mass is 294 g/mol. The van der Waals surface area contributed by atoms with Crippen molar-refractivity contribution in [3.8, 4) is 6.07 Å². The number of carbonyl (C=O) groups is 1. The van der Waals surface area contributed by atoms with Gasteiger partial charge in [-0.1, -0.05) is 12.1 Å². The van der Waals surface area contributed by atoms with Crippen LogP contribution in [-0.4, -0.2) is 22.3 Å². The van der Waals surface area contributed by atoms with Crippen LogP contribution in [0.5, 0.6) is 0 Å². The number of hydrogen-bond acceptors (Lipinski definition) is 5. The van der Waals surface area contributed by atoms with Crippen molar-refractivity contribution in [2.24, 2.45) is 0 Å². The predicted molar refractivity (Wildman–Crippen MR) is 81.6 cm³/mol. The van der Waals surface area contributed by atoms with E-state index in [0.29, 0.717) is 22.9 Å². The minimum absolute atomic E-state index is 0.271. The maximum absolute atomic E-state index is 11.6. The Hall–Kier alpha value is -3.14. The number of nitriles is 1. The van der Waals surface area contributed by atoms with Crippen molar-refractivity contribution in [2.75, 3.05) is 10.6 Å². The van der Waals surface area contributed by atoms with Gasteiger partial charge in [0.05, 0.1) is 11.3 Å². The van der Waals surface area contributed by atoms with E-state index in [2.05, 4.69) is 32.2 Å². The number of nitrogens with zero attached hydrogens (tertiary/aromatic N) is 3. The predicted octanol–water partition coefficient (Wildman–Crippen LogP) is 2.38. The van der Waals surface area contributed by atoms with Crippen LogP contribution in [0.2, 0.25) is 0 Å². The fourth-order valence-electron chi connectivity index (χ4n) is 1.86. The van der Waals surface area contributed by atoms with Gasteiger partial charge in [0.1, 0.15) is 6.07 Å². The Morgan fingerprint density at radius 2 is 1.86 bits per heavy atom. The van der Waals surface area contributed by atoms with Gasteiger partial charge in [-0.15, -0.1) is 10.2 Å². The fraction of sp³-hybridized carbons (Fsp3) is 0.200. The number of aromatic nitrogens is 2. The van der Waals surface area contributed by atoms with Gasteiger partial charge in [-0.25, -0.2) is 4.79 Å². The SMILES string of the molecule is N#Cc1ccccc1Nc1ccc(NC(=O)NC2CC2)nn1. The number of hydrogen-bond donors (Lipinski definition) is 3. The van der Waals surface area contributed by atoms with Gasteiger partial charge in [-0.05, 0) is 37.1 Å². The first-order valence-electron chi connectivity index (χ1n) is 6.92. The molecule has 0 bridgehead atoms. The van der Waals surface area contributed by atoms with Crippen LogP contribution in [0.15, 0.2) is 36.4 Å². The molecular formula is C15H14N6O. The zero-order valence-electron chi connectivity index (χ0n) is 11.7. The lowest BCUT2D eigenvalue weighted by atomic mass is 10.2. The van der Waals surface area contributed by atoms with Crippen LogP contribution < -0.4 is 16.0 Å². The summed E-state index contributed by atoms with van der Waals surface area (Å²) < 4.78 is 0. The molecule has 0 saturated heterocycles. The second kappa shape index (κ2) is 6.10. The van der Waals surface area contributed by atoms with E-state index in [4.69, 9.17) is 5.26 Å². The molecule has 1 aliphatic rings. The number of nitrogens with one attached hydrogen (secondary N) is 3. The standard InChI is InChI=1S/C15H14N6O/c16-9-10-3-1-2-4-12(10)18-13-7-8-14(21-20-13)19-15(22)17-11-5-6-11/h1-4,7-8,11H,5-6H2,(H,18,20)(H2,17,19,21,22). The Kier molecular flexibility index (Phi) is 3.83. The second-order valence-corrected chi connectivity index (χ2v) is 4.96. The molecule has 0 aliphatic heterocycles. The van der Waals surface area contributed by atoms with E-state index in [9.17, 15) is 4.79 Å². The van der Waals surface area contributed by atoms with E-state index in [-0.39, 0.29) is 12.1 Å². The molecule has 0 radical (unpaired) electrons. The van der Waals surface area contributed by atoms with Gasteiger partial charge >= 0.3 is 6.03 Å². The number of carbonyl (C=O) groups excluding carboxylic acids is 1. The highest BCUT2D eigenvalue weighted by molar-refractivity contribution is 5.88. The average molecular weight is 294 g/mol. The van der Waals surface area contributed by atoms with Gasteiger partial charge in [0.25, 0.3) is 0 Å². The summed E-state index contributed by atoms with van der Waals surface area (Å²) >= 11 is 0. The molecule has 2 aromatic rings. The highest BCUT2D eigenvalue weighted by Crippen LogP contribution is 2.20. The molecule has 2 amide bonds. The number of benzene rings is 1. The largest absolute Gasteiger partial charge is 0.338 e. The van der Waals surface area contributed by atoms with E-state index in [0.717, 1.165) is 12.8 Å². The van der Waals surface area contributed by atoms with Crippen LogP contribution in [0, 0.1) is 11.3 Å². The van der Waals surface area contributed by atoms with Crippen LogP contribution in [0.1, 0.15) is 18.4 Å². The van der Waals surface area contributed by atoms with Crippen molar-refractivity contribution in [3.63, 3.8) is 0 Å². The lowest BCUT2D eigenvalue weighted by molar-refractivity contribution is 0.251. The summed E-state index contributed by atoms with van der Waals surface area (Å²) in [7, 11) is 0. The summed E-state index contributed by atoms with van der Waals surface area (Å²) in [5.41, 5.74) is 1.18. The molecule has 110 valence electrons. The molecule has 1 aromatic carbocycles. The summed E-state index contributed by atoms with van der Waals surface area (Å²) in [4.78, 5) is 11.6. The molecule has 7 nitrogen and oxygen atoms in total. The van der Waals surface area contributed by atoms with Crippen LogP contribution in [0.25, 0.3) is 0 Å². The van der Waals surface area contributed by atoms with Gasteiger partial charge < -0.3 is 10.6 Å². The van der Waals surface area contributed by atoms with Crippen molar-refractivity contribution in [1.82, 2.24) is 15.5 Å². The van der Waals surface area contributed by atoms with Gasteiger partial charge in [0.2, 0.25) is 0 Å². The highest BCUT2D eigenvalue weighted by atomic mass is 16.2. The zero-order chi connectivity index (χ0) is 15.4. The molecule has 1 fully saturated rings. The molecule has 7 heteroatoms. The van der Waals surface area contributed by atoms with Gasteiger partial charge in [-0.2, -0.15) is 5.26 Å². The first-order valence-corrected chi connectivity index (χ1v) is 6.92. The molecule has 1 saturated carbocycles. The third-order valence-corrected chi connectivity index (χ3v) is 3.13. The van der Waals surface area contributed by atoms with E-state index in [1.807, 2.05) is 6.07 Å². The molecule has 0 atom stereocenters. The van der Waals surface area contributed by atoms with E-state index in [1.54, 1.807) is 30.3 Å². The molecule has 1 aromatic heterocycles. The Labute approximate surface area is 127 Å². The fourth-order valence-corrected chi connectivity index (χ4v) is 1.86. The third kappa shape index (κ3) is 3.49. The molecule has 0 spiro atoms. The van der Waals surface area contributed by atoms with E-state index in [1.165, 1.54) is 0 Å². The second-order valence-electron chi connectivity index (χ2n) is 4.96. The Morgan fingerprint density at radius 1 is 1.14 bits per heavy atom. The summed E-state index contributed by atoms with van der Waals surface area (Å²) in [6.07, 6.45) is 2.06. The molecular weight excluding hydrogens is 280 g/mol. The van der Waals surface area contributed by atoms with Crippen molar-refractivity contribution in [2.45, 2.75) is 18.9 Å². The molecule has 1 aliphatic carbocycles. The number of urea groups is 1. The van der Waals surface area contributed by atoms with E-state index >= 15 is 0 Å². The average Bonchev–Trinajstić information content (AvgIpc) is 3.33. The van der Waals surface area contributed by atoms with Crippen LogP contribution in [0.4, 0.5) is 22.1 Å². The third-order valence-electron chi connectivity index (χ3n) is 3.13. The Bertz CT molecular complexity index is 718. The smallest absolute Gasteiger partial charge is 0.320 e. The van der Waals surface area contributed by atoms with Crippen molar-refractivity contribution < 1.29 is 4.79 Å². The zero-order valence-corrected chi connectivity index (χ0v) is 11.7.